The van der Waals surface area contributed by atoms with Crippen molar-refractivity contribution in [2.24, 2.45) is 17.8 Å². The van der Waals surface area contributed by atoms with Gasteiger partial charge in [-0.1, -0.05) is 12.2 Å². The first-order valence-electron chi connectivity index (χ1n) is 4.07. The minimum Gasteiger partial charge on any atom is -0.392 e. The van der Waals surface area contributed by atoms with E-state index in [1.54, 1.807) is 6.92 Å². The molecule has 2 nitrogen and oxygen atoms in total. The maximum absolute atomic E-state index is 11.0. The molecule has 2 aliphatic carbocycles. The molecular weight excluding hydrogens is 140 g/mol. The van der Waals surface area contributed by atoms with Crippen molar-refractivity contribution in [3.8, 4) is 0 Å². The largest absolute Gasteiger partial charge is 0.392 e. The zero-order valence-corrected chi connectivity index (χ0v) is 6.53. The summed E-state index contributed by atoms with van der Waals surface area (Å²) in [5, 5.41) is 9.53. The Hall–Kier alpha value is -0.630. The number of aliphatic hydroxyl groups excluding tert-OH is 1. The molecule has 0 aromatic heterocycles. The van der Waals surface area contributed by atoms with Crippen LogP contribution in [0.4, 0.5) is 0 Å². The van der Waals surface area contributed by atoms with Crippen LogP contribution in [0.2, 0.25) is 0 Å². The van der Waals surface area contributed by atoms with Gasteiger partial charge in [0.05, 0.1) is 6.10 Å². The summed E-state index contributed by atoms with van der Waals surface area (Å²) in [4.78, 5) is 11.0. The van der Waals surface area contributed by atoms with E-state index in [0.717, 1.165) is 6.42 Å². The molecule has 1 fully saturated rings. The van der Waals surface area contributed by atoms with E-state index in [2.05, 4.69) is 0 Å². The summed E-state index contributed by atoms with van der Waals surface area (Å²) in [6.07, 6.45) is 4.61. The highest BCUT2D eigenvalue weighted by Gasteiger charge is 2.45. The number of hydrogen-bond acceptors (Lipinski definition) is 2. The number of fused-ring (bicyclic) bond motifs is 2. The lowest BCUT2D eigenvalue weighted by Crippen LogP contribution is -2.20. The van der Waals surface area contributed by atoms with E-state index >= 15 is 0 Å². The summed E-state index contributed by atoms with van der Waals surface area (Å²) in [5.74, 6) is 0.701. The Morgan fingerprint density at radius 2 is 2.27 bits per heavy atom. The lowest BCUT2D eigenvalue weighted by molar-refractivity contribution is -0.121. The van der Waals surface area contributed by atoms with Gasteiger partial charge in [-0.2, -0.15) is 0 Å². The van der Waals surface area contributed by atoms with E-state index in [0.29, 0.717) is 0 Å². The van der Waals surface area contributed by atoms with Gasteiger partial charge in [0.1, 0.15) is 5.78 Å². The molecule has 60 valence electrons. The smallest absolute Gasteiger partial charge is 0.133 e. The van der Waals surface area contributed by atoms with E-state index < -0.39 is 0 Å². The summed E-state index contributed by atoms with van der Waals surface area (Å²) < 4.78 is 0. The average molecular weight is 152 g/mol. The first kappa shape index (κ1) is 7.04. The van der Waals surface area contributed by atoms with Gasteiger partial charge < -0.3 is 5.11 Å². The van der Waals surface area contributed by atoms with Crippen LogP contribution < -0.4 is 0 Å². The molecule has 0 saturated heterocycles. The summed E-state index contributed by atoms with van der Waals surface area (Å²) >= 11 is 0. The third-order valence-electron chi connectivity index (χ3n) is 2.93. The summed E-state index contributed by atoms with van der Waals surface area (Å²) in [6, 6.07) is 0. The van der Waals surface area contributed by atoms with Crippen molar-refractivity contribution in [1.82, 2.24) is 0 Å². The number of carbonyl (C=O) groups excluding carboxylic acids is 1. The van der Waals surface area contributed by atoms with Gasteiger partial charge in [0, 0.05) is 17.8 Å². The Labute approximate surface area is 65.9 Å². The van der Waals surface area contributed by atoms with Gasteiger partial charge in [-0.15, -0.1) is 0 Å². The van der Waals surface area contributed by atoms with Gasteiger partial charge in [-0.05, 0) is 13.3 Å². The Kier molecular flexibility index (Phi) is 1.39. The van der Waals surface area contributed by atoms with Crippen LogP contribution in [0.15, 0.2) is 12.2 Å². The van der Waals surface area contributed by atoms with Crippen molar-refractivity contribution in [2.75, 3.05) is 0 Å². The van der Waals surface area contributed by atoms with Crippen molar-refractivity contribution in [1.29, 1.82) is 0 Å². The lowest BCUT2D eigenvalue weighted by atomic mass is 9.90. The van der Waals surface area contributed by atoms with Crippen LogP contribution in [0.5, 0.6) is 0 Å². The van der Waals surface area contributed by atoms with Crippen molar-refractivity contribution in [3.05, 3.63) is 12.2 Å². The maximum atomic E-state index is 11.0. The predicted octanol–water partition coefficient (Wildman–Crippen LogP) is 0.758. The summed E-state index contributed by atoms with van der Waals surface area (Å²) in [7, 11) is 0. The third-order valence-corrected chi connectivity index (χ3v) is 2.93. The lowest BCUT2D eigenvalue weighted by Gasteiger charge is -2.13. The van der Waals surface area contributed by atoms with Crippen LogP contribution in [-0.2, 0) is 4.79 Å². The molecule has 0 aliphatic heterocycles. The van der Waals surface area contributed by atoms with E-state index in [1.165, 1.54) is 0 Å². The quantitative estimate of drug-likeness (QED) is 0.563. The monoisotopic (exact) mass is 152 g/mol. The second-order valence-corrected chi connectivity index (χ2v) is 3.57. The number of ketones is 1. The zero-order valence-electron chi connectivity index (χ0n) is 6.53. The van der Waals surface area contributed by atoms with Gasteiger partial charge in [0.15, 0.2) is 0 Å². The highest BCUT2D eigenvalue weighted by molar-refractivity contribution is 5.79. The Bertz CT molecular complexity index is 220. The van der Waals surface area contributed by atoms with E-state index in [-0.39, 0.29) is 29.6 Å². The SMILES string of the molecule is CC(=O)[C@H]1C[C@H]2C=C[C@@H]1[C@@H]2O. The Balaban J connectivity index is 2.21. The Morgan fingerprint density at radius 3 is 2.55 bits per heavy atom. The van der Waals surface area contributed by atoms with Crippen LogP contribution in [0.3, 0.4) is 0 Å². The van der Waals surface area contributed by atoms with Crippen LogP contribution >= 0.6 is 0 Å². The molecule has 0 unspecified atom stereocenters. The minimum atomic E-state index is -0.274. The molecule has 2 heteroatoms. The highest BCUT2D eigenvalue weighted by atomic mass is 16.3. The third kappa shape index (κ3) is 0.857. The van der Waals surface area contributed by atoms with Crippen LogP contribution in [0.1, 0.15) is 13.3 Å². The fourth-order valence-corrected chi connectivity index (χ4v) is 2.26. The van der Waals surface area contributed by atoms with E-state index in [9.17, 15) is 9.90 Å². The summed E-state index contributed by atoms with van der Waals surface area (Å²) in [6.45, 7) is 1.62. The molecule has 0 spiro atoms. The molecule has 0 radical (unpaired) electrons. The van der Waals surface area contributed by atoms with Crippen molar-refractivity contribution < 1.29 is 9.90 Å². The van der Waals surface area contributed by atoms with Gasteiger partial charge in [-0.25, -0.2) is 0 Å². The van der Waals surface area contributed by atoms with Gasteiger partial charge in [0.2, 0.25) is 0 Å². The van der Waals surface area contributed by atoms with E-state index in [1.807, 2.05) is 12.2 Å². The van der Waals surface area contributed by atoms with E-state index in [4.69, 9.17) is 0 Å². The topological polar surface area (TPSA) is 37.3 Å². The molecule has 0 heterocycles. The molecule has 4 atom stereocenters. The molecule has 1 saturated carbocycles. The summed E-state index contributed by atoms with van der Waals surface area (Å²) in [5.41, 5.74) is 0. The molecule has 0 aromatic rings. The zero-order chi connectivity index (χ0) is 8.01. The average Bonchev–Trinajstić information content (AvgIpc) is 2.46. The number of rotatable bonds is 1. The fourth-order valence-electron chi connectivity index (χ4n) is 2.26. The minimum absolute atomic E-state index is 0.0972. The van der Waals surface area contributed by atoms with Gasteiger partial charge in [0.25, 0.3) is 0 Å². The number of carbonyl (C=O) groups is 1. The second-order valence-electron chi connectivity index (χ2n) is 3.57. The molecule has 11 heavy (non-hydrogen) atoms. The molecule has 1 N–H and O–H groups in total. The maximum Gasteiger partial charge on any atom is 0.133 e. The number of Topliss-reactive ketones (excluding diaryl/α,β-unsaturated/α-hetero) is 1. The normalized spacial score (nSPS) is 46.7. The first-order valence-corrected chi connectivity index (χ1v) is 4.07. The van der Waals surface area contributed by atoms with Gasteiger partial charge in [-0.3, -0.25) is 4.79 Å². The molecule has 2 aliphatic rings. The standard InChI is InChI=1S/C9H12O2/c1-5(10)8-4-6-2-3-7(8)9(6)11/h2-3,6-9,11H,4H2,1H3/t6-,7+,8-,9-/m1/s1. The highest BCUT2D eigenvalue weighted by Crippen LogP contribution is 2.43. The predicted molar refractivity (Wildman–Crippen MR) is 40.9 cm³/mol. The fraction of sp³-hybridized carbons (Fsp3) is 0.667. The van der Waals surface area contributed by atoms with Gasteiger partial charge >= 0.3 is 0 Å². The van der Waals surface area contributed by atoms with Crippen LogP contribution in [-0.4, -0.2) is 17.0 Å². The molecule has 2 rings (SSSR count). The van der Waals surface area contributed by atoms with Crippen molar-refractivity contribution in [3.63, 3.8) is 0 Å². The van der Waals surface area contributed by atoms with Crippen molar-refractivity contribution in [2.45, 2.75) is 19.4 Å². The van der Waals surface area contributed by atoms with Crippen LogP contribution in [0.25, 0.3) is 0 Å². The number of aliphatic hydroxyl groups is 1. The van der Waals surface area contributed by atoms with Crippen molar-refractivity contribution >= 4 is 5.78 Å². The molecule has 0 amide bonds. The number of hydrogen-bond donors (Lipinski definition) is 1. The van der Waals surface area contributed by atoms with Crippen LogP contribution in [0, 0.1) is 17.8 Å². The first-order chi connectivity index (χ1) is 5.20. The molecule has 0 aromatic carbocycles. The Morgan fingerprint density at radius 1 is 1.55 bits per heavy atom. The molecular formula is C9H12O2. The second kappa shape index (κ2) is 2.18. The molecule has 2 bridgehead atoms.